The summed E-state index contributed by atoms with van der Waals surface area (Å²) in [6.07, 6.45) is 0.674. The smallest absolute Gasteiger partial charge is 0.323 e. The van der Waals surface area contributed by atoms with E-state index in [-0.39, 0.29) is 24.2 Å². The second kappa shape index (κ2) is 6.74. The minimum atomic E-state index is -1.04. The van der Waals surface area contributed by atoms with Crippen molar-refractivity contribution in [1.82, 2.24) is 9.88 Å². The van der Waals surface area contributed by atoms with Gasteiger partial charge in [0.05, 0.1) is 0 Å². The van der Waals surface area contributed by atoms with Crippen molar-refractivity contribution in [2.75, 3.05) is 6.54 Å². The van der Waals surface area contributed by atoms with Crippen molar-refractivity contribution in [1.29, 1.82) is 0 Å². The number of carbonyl (C=O) groups excluding carboxylic acids is 1. The molecule has 1 atom stereocenters. The summed E-state index contributed by atoms with van der Waals surface area (Å²) in [4.78, 5) is 29.1. The summed E-state index contributed by atoms with van der Waals surface area (Å²) in [5, 5.41) is 11.2. The highest BCUT2D eigenvalue weighted by atomic mass is 32.1. The van der Waals surface area contributed by atoms with Gasteiger partial charge < -0.3 is 14.4 Å². The first-order valence-corrected chi connectivity index (χ1v) is 7.85. The van der Waals surface area contributed by atoms with Gasteiger partial charge in [0.2, 0.25) is 0 Å². The van der Waals surface area contributed by atoms with Crippen LogP contribution in [-0.4, -0.2) is 39.5 Å². The minimum Gasteiger partial charge on any atom is -0.480 e. The highest BCUT2D eigenvalue weighted by Crippen LogP contribution is 2.26. The normalized spacial score (nSPS) is 12.1. The van der Waals surface area contributed by atoms with E-state index in [0.717, 1.165) is 5.76 Å². The van der Waals surface area contributed by atoms with Gasteiger partial charge in [-0.25, -0.2) is 4.98 Å². The van der Waals surface area contributed by atoms with Crippen LogP contribution >= 0.6 is 11.3 Å². The Balaban J connectivity index is 2.24. The van der Waals surface area contributed by atoms with Crippen LogP contribution in [0, 0.1) is 6.92 Å². The molecule has 0 bridgehead atoms. The standard InChI is InChI=1S/C15H18N2O4S/c1-4-9(2)17(7-13(18)19)15(20)11-8-22-14(16-11)12-6-5-10(3)21-12/h5-6,8-9H,4,7H2,1-3H3,(H,18,19). The molecule has 0 saturated carbocycles. The fraction of sp³-hybridized carbons (Fsp3) is 0.400. The predicted octanol–water partition coefficient (Wildman–Crippen LogP) is 3.04. The van der Waals surface area contributed by atoms with E-state index in [1.807, 2.05) is 26.8 Å². The van der Waals surface area contributed by atoms with Crippen molar-refractivity contribution in [2.24, 2.45) is 0 Å². The number of hydrogen-bond donors (Lipinski definition) is 1. The molecular formula is C15H18N2O4S. The van der Waals surface area contributed by atoms with Gasteiger partial charge in [-0.05, 0) is 32.4 Å². The minimum absolute atomic E-state index is 0.167. The number of thiazole rings is 1. The van der Waals surface area contributed by atoms with Gasteiger partial charge in [0.15, 0.2) is 10.8 Å². The van der Waals surface area contributed by atoms with Crippen LogP contribution in [0.2, 0.25) is 0 Å². The number of aryl methyl sites for hydroxylation is 1. The molecule has 0 saturated heterocycles. The number of nitrogens with zero attached hydrogens (tertiary/aromatic N) is 2. The molecule has 0 aliphatic heterocycles. The zero-order valence-corrected chi connectivity index (χ0v) is 13.5. The van der Waals surface area contributed by atoms with Crippen LogP contribution < -0.4 is 0 Å². The lowest BCUT2D eigenvalue weighted by Gasteiger charge is -2.26. The Morgan fingerprint density at radius 1 is 1.45 bits per heavy atom. The zero-order chi connectivity index (χ0) is 16.3. The summed E-state index contributed by atoms with van der Waals surface area (Å²) in [5.41, 5.74) is 0.246. The average Bonchev–Trinajstić information content (AvgIpc) is 3.11. The van der Waals surface area contributed by atoms with E-state index in [4.69, 9.17) is 9.52 Å². The maximum atomic E-state index is 12.5. The fourth-order valence-corrected chi connectivity index (χ4v) is 2.73. The third-order valence-corrected chi connectivity index (χ3v) is 4.22. The van der Waals surface area contributed by atoms with Crippen LogP contribution in [-0.2, 0) is 4.79 Å². The average molecular weight is 322 g/mol. The molecule has 2 aromatic heterocycles. The molecule has 118 valence electrons. The number of aromatic nitrogens is 1. The lowest BCUT2D eigenvalue weighted by atomic mass is 10.2. The van der Waals surface area contributed by atoms with Gasteiger partial charge in [-0.15, -0.1) is 11.3 Å². The number of carboxylic acid groups (broad SMARTS) is 1. The van der Waals surface area contributed by atoms with Gasteiger partial charge in [-0.2, -0.15) is 0 Å². The van der Waals surface area contributed by atoms with Crippen LogP contribution in [0.5, 0.6) is 0 Å². The van der Waals surface area contributed by atoms with Gasteiger partial charge in [-0.1, -0.05) is 6.92 Å². The molecular weight excluding hydrogens is 304 g/mol. The van der Waals surface area contributed by atoms with Gasteiger partial charge in [-0.3, -0.25) is 9.59 Å². The van der Waals surface area contributed by atoms with Crippen molar-refractivity contribution >= 4 is 23.2 Å². The van der Waals surface area contributed by atoms with Crippen LogP contribution in [0.3, 0.4) is 0 Å². The lowest BCUT2D eigenvalue weighted by molar-refractivity contribution is -0.138. The Morgan fingerprint density at radius 3 is 2.73 bits per heavy atom. The number of amides is 1. The molecule has 1 amide bonds. The molecule has 7 heteroatoms. The second-order valence-corrected chi connectivity index (χ2v) is 5.89. The quantitative estimate of drug-likeness (QED) is 0.883. The van der Waals surface area contributed by atoms with E-state index >= 15 is 0 Å². The number of carboxylic acids is 1. The molecule has 1 N–H and O–H groups in total. The SMILES string of the molecule is CCC(C)N(CC(=O)O)C(=O)c1csc(-c2ccc(C)o2)n1. The number of aliphatic carboxylic acids is 1. The molecule has 0 radical (unpaired) electrons. The first kappa shape index (κ1) is 16.2. The van der Waals surface area contributed by atoms with Gasteiger partial charge in [0, 0.05) is 11.4 Å². The Bertz CT molecular complexity index is 677. The van der Waals surface area contributed by atoms with Crippen molar-refractivity contribution in [3.63, 3.8) is 0 Å². The summed E-state index contributed by atoms with van der Waals surface area (Å²) in [6.45, 7) is 5.23. The maximum Gasteiger partial charge on any atom is 0.323 e. The van der Waals surface area contributed by atoms with Gasteiger partial charge >= 0.3 is 5.97 Å². The first-order valence-electron chi connectivity index (χ1n) is 6.97. The maximum absolute atomic E-state index is 12.5. The monoisotopic (exact) mass is 322 g/mol. The number of furan rings is 1. The van der Waals surface area contributed by atoms with Crippen molar-refractivity contribution < 1.29 is 19.1 Å². The summed E-state index contributed by atoms with van der Waals surface area (Å²) in [5.74, 6) is -0.0339. The van der Waals surface area contributed by atoms with E-state index in [1.54, 1.807) is 11.4 Å². The molecule has 2 aromatic rings. The van der Waals surface area contributed by atoms with Gasteiger partial charge in [0.25, 0.3) is 5.91 Å². The number of rotatable bonds is 6. The van der Waals surface area contributed by atoms with Crippen molar-refractivity contribution in [2.45, 2.75) is 33.2 Å². The zero-order valence-electron chi connectivity index (χ0n) is 12.7. The van der Waals surface area contributed by atoms with Crippen LogP contribution in [0.4, 0.5) is 0 Å². The molecule has 2 rings (SSSR count). The third-order valence-electron chi connectivity index (χ3n) is 3.36. The summed E-state index contributed by atoms with van der Waals surface area (Å²) in [7, 11) is 0. The Labute approximate surface area is 132 Å². The van der Waals surface area contributed by atoms with Crippen molar-refractivity contribution in [3.05, 3.63) is 29.0 Å². The van der Waals surface area contributed by atoms with E-state index in [0.29, 0.717) is 17.2 Å². The lowest BCUT2D eigenvalue weighted by Crippen LogP contribution is -2.42. The Morgan fingerprint density at radius 2 is 2.18 bits per heavy atom. The molecule has 0 aromatic carbocycles. The first-order chi connectivity index (χ1) is 10.4. The van der Waals surface area contributed by atoms with E-state index < -0.39 is 5.97 Å². The van der Waals surface area contributed by atoms with Crippen LogP contribution in [0.1, 0.15) is 36.5 Å². The molecule has 0 aliphatic carbocycles. The topological polar surface area (TPSA) is 83.6 Å². The molecule has 6 nitrogen and oxygen atoms in total. The summed E-state index contributed by atoms with van der Waals surface area (Å²) in [6, 6.07) is 3.46. The molecule has 2 heterocycles. The Kier molecular flexibility index (Phi) is 4.97. The van der Waals surface area contributed by atoms with Gasteiger partial charge in [0.1, 0.15) is 18.0 Å². The highest BCUT2D eigenvalue weighted by molar-refractivity contribution is 7.13. The molecule has 0 aliphatic rings. The van der Waals surface area contributed by atoms with E-state index in [2.05, 4.69) is 4.98 Å². The highest BCUT2D eigenvalue weighted by Gasteiger charge is 2.25. The summed E-state index contributed by atoms with van der Waals surface area (Å²) >= 11 is 1.30. The van der Waals surface area contributed by atoms with Crippen molar-refractivity contribution in [3.8, 4) is 10.8 Å². The summed E-state index contributed by atoms with van der Waals surface area (Å²) < 4.78 is 5.49. The van der Waals surface area contributed by atoms with Crippen LogP contribution in [0.25, 0.3) is 10.8 Å². The third kappa shape index (κ3) is 3.54. The molecule has 0 spiro atoms. The van der Waals surface area contributed by atoms with E-state index in [1.165, 1.54) is 16.2 Å². The number of carbonyl (C=O) groups is 2. The largest absolute Gasteiger partial charge is 0.480 e. The number of hydrogen-bond acceptors (Lipinski definition) is 5. The molecule has 22 heavy (non-hydrogen) atoms. The van der Waals surface area contributed by atoms with Crippen LogP contribution in [0.15, 0.2) is 21.9 Å². The Hall–Kier alpha value is -2.15. The van der Waals surface area contributed by atoms with E-state index in [9.17, 15) is 9.59 Å². The molecule has 1 unspecified atom stereocenters. The second-order valence-electron chi connectivity index (χ2n) is 5.03. The molecule has 0 fully saturated rings. The fourth-order valence-electron chi connectivity index (χ4n) is 1.98. The predicted molar refractivity (Wildman–Crippen MR) is 83.0 cm³/mol.